The lowest BCUT2D eigenvalue weighted by atomic mass is 9.72. The second-order valence-electron chi connectivity index (χ2n) is 17.5. The lowest BCUT2D eigenvalue weighted by Crippen LogP contribution is -2.38. The number of hydrogen-bond acceptors (Lipinski definition) is 10. The summed E-state index contributed by atoms with van der Waals surface area (Å²) in [6, 6.07) is 18.3. The molecule has 1 saturated heterocycles. The number of ether oxygens (including phenoxy) is 2. The lowest BCUT2D eigenvalue weighted by molar-refractivity contribution is -0.0436. The molecule has 1 amide bonds. The fourth-order valence-electron chi connectivity index (χ4n) is 8.75. The van der Waals surface area contributed by atoms with Gasteiger partial charge in [-0.25, -0.2) is 26.5 Å². The van der Waals surface area contributed by atoms with Crippen molar-refractivity contribution in [3.63, 3.8) is 0 Å². The summed E-state index contributed by atoms with van der Waals surface area (Å²) in [5.74, 6) is -0.914. The number of aromatic amines is 1. The number of amides is 1. The predicted octanol–water partition coefficient (Wildman–Crippen LogP) is 9.79. The molecular weight excluding hydrogens is 903 g/mol. The van der Waals surface area contributed by atoms with Crippen LogP contribution in [0.4, 0.5) is 18.9 Å². The van der Waals surface area contributed by atoms with Crippen LogP contribution >= 0.6 is 11.6 Å². The Kier molecular flexibility index (Phi) is 13.0. The zero-order valence-corrected chi connectivity index (χ0v) is 38.4. The van der Waals surface area contributed by atoms with Gasteiger partial charge >= 0.3 is 5.51 Å². The highest BCUT2D eigenvalue weighted by molar-refractivity contribution is 7.92. The van der Waals surface area contributed by atoms with E-state index >= 15 is 0 Å². The monoisotopic (exact) mass is 951 g/mol. The van der Waals surface area contributed by atoms with E-state index in [1.54, 1.807) is 30.5 Å². The third-order valence-electron chi connectivity index (χ3n) is 12.5. The Balaban J connectivity index is 1.08. The fourth-order valence-corrected chi connectivity index (χ4v) is 11.0. The van der Waals surface area contributed by atoms with E-state index in [0.717, 1.165) is 55.6 Å². The molecule has 8 rings (SSSR count). The Morgan fingerprint density at radius 2 is 1.74 bits per heavy atom. The van der Waals surface area contributed by atoms with Crippen LogP contribution in [0.5, 0.6) is 11.5 Å². The van der Waals surface area contributed by atoms with E-state index in [1.165, 1.54) is 40.9 Å². The first-order chi connectivity index (χ1) is 30.8. The van der Waals surface area contributed by atoms with Crippen LogP contribution in [0.3, 0.4) is 0 Å². The molecule has 0 spiro atoms. The van der Waals surface area contributed by atoms with Crippen molar-refractivity contribution in [2.75, 3.05) is 44.8 Å². The minimum absolute atomic E-state index is 0.00781. The number of alkyl halides is 3. The molecule has 65 heavy (non-hydrogen) atoms. The van der Waals surface area contributed by atoms with Crippen LogP contribution in [0.25, 0.3) is 22.2 Å². The number of nitrogens with one attached hydrogen (secondary N) is 2. The Hall–Kier alpha value is -5.20. The van der Waals surface area contributed by atoms with Gasteiger partial charge in [0.15, 0.2) is 0 Å². The van der Waals surface area contributed by atoms with Gasteiger partial charge in [0.25, 0.3) is 25.8 Å². The van der Waals surface area contributed by atoms with Crippen LogP contribution in [0.15, 0.2) is 107 Å². The number of sulfonamides is 1. The maximum absolute atomic E-state index is 14.1. The van der Waals surface area contributed by atoms with Gasteiger partial charge in [0, 0.05) is 62.5 Å². The van der Waals surface area contributed by atoms with Gasteiger partial charge in [-0.2, -0.15) is 13.2 Å². The van der Waals surface area contributed by atoms with Gasteiger partial charge in [0.1, 0.15) is 22.0 Å². The quantitative estimate of drug-likeness (QED) is 0.124. The van der Waals surface area contributed by atoms with Crippen molar-refractivity contribution in [1.29, 1.82) is 0 Å². The molecule has 1 fully saturated rings. The Morgan fingerprint density at radius 3 is 2.45 bits per heavy atom. The van der Waals surface area contributed by atoms with Crippen molar-refractivity contribution >= 4 is 65.2 Å². The van der Waals surface area contributed by atoms with E-state index < -0.39 is 41.1 Å². The van der Waals surface area contributed by atoms with Gasteiger partial charge < -0.3 is 19.4 Å². The van der Waals surface area contributed by atoms with Crippen molar-refractivity contribution in [1.82, 2.24) is 19.6 Å². The van der Waals surface area contributed by atoms with Gasteiger partial charge in [-0.05, 0) is 121 Å². The minimum Gasteiger partial charge on any atom is -0.455 e. The number of allylic oxidation sites excluding steroid dienone is 1. The number of carbonyl (C=O) groups is 1. The smallest absolute Gasteiger partial charge is 0.455 e. The van der Waals surface area contributed by atoms with Crippen LogP contribution in [0.1, 0.15) is 73.9 Å². The Morgan fingerprint density at radius 1 is 1.00 bits per heavy atom. The largest absolute Gasteiger partial charge is 0.501 e. The average molecular weight is 953 g/mol. The molecule has 0 bridgehead atoms. The summed E-state index contributed by atoms with van der Waals surface area (Å²) in [5, 5.41) is 1.41. The van der Waals surface area contributed by atoms with Crippen LogP contribution < -0.4 is 14.4 Å². The molecule has 0 atom stereocenters. The molecule has 4 heterocycles. The summed E-state index contributed by atoms with van der Waals surface area (Å²) < 4.78 is 109. The van der Waals surface area contributed by atoms with Crippen molar-refractivity contribution in [3.8, 4) is 11.5 Å². The molecule has 3 aromatic carbocycles. The van der Waals surface area contributed by atoms with Crippen LogP contribution in [0, 0.1) is 5.41 Å². The van der Waals surface area contributed by atoms with E-state index in [0.29, 0.717) is 61.1 Å². The number of pyridine rings is 1. The number of H-pyrrole nitrogens is 1. The van der Waals surface area contributed by atoms with E-state index in [1.807, 2.05) is 16.9 Å². The fraction of sp³-hybridized carbons (Fsp3) is 0.362. The molecule has 5 aromatic rings. The average Bonchev–Trinajstić information content (AvgIpc) is 3.75. The first-order valence-corrected chi connectivity index (χ1v) is 24.6. The maximum atomic E-state index is 14.1. The van der Waals surface area contributed by atoms with Gasteiger partial charge in [-0.3, -0.25) is 9.69 Å². The number of sulfone groups is 1. The molecule has 3 aliphatic rings. The van der Waals surface area contributed by atoms with Crippen LogP contribution in [-0.4, -0.2) is 89.1 Å². The van der Waals surface area contributed by atoms with Crippen molar-refractivity contribution in [3.05, 3.63) is 119 Å². The molecule has 0 radical (unpaired) electrons. The molecule has 1 aliphatic carbocycles. The normalized spacial score (nSPS) is 17.8. The summed E-state index contributed by atoms with van der Waals surface area (Å²) in [6.45, 7) is 7.47. The van der Waals surface area contributed by atoms with Crippen molar-refractivity contribution < 1.29 is 44.3 Å². The minimum atomic E-state index is -6.05. The Bertz CT molecular complexity index is 2910. The molecule has 2 aliphatic heterocycles. The standard InChI is InChI=1S/C47H49ClF3N5O7S2/c1-46(2)18-12-34(40(27-46)31-4-7-35(48)8-5-31)29-56-20-14-30(15-21-56)32-6-10-39(42(25-32)63-37-24-33-13-19-52-44(33)53-28-37)45(57)54-65(60,61)38-9-11-41(55(3)36-16-22-62-23-17-36)43(26-38)64(58,59)47(49,50)51/h4-11,13-14,19,24-26,28,36H,12,15-18,20-23,27,29H2,1-3H3,(H,52,53)(H,54,57). The molecule has 18 heteroatoms. The maximum Gasteiger partial charge on any atom is 0.501 e. The van der Waals surface area contributed by atoms with Crippen LogP contribution in [-0.2, 0) is 24.6 Å². The summed E-state index contributed by atoms with van der Waals surface area (Å²) in [7, 11) is -9.56. The molecular formula is C47H49ClF3N5O7S2. The SMILES string of the molecule is CN(c1ccc(S(=O)(=O)NC(=O)c2ccc(C3=CCN(CC4=C(c5ccc(Cl)cc5)CC(C)(C)CC4)CC3)cc2Oc2cnc3[nH]ccc3c2)cc1S(=O)(=O)C(F)(F)F)C1CCOCC1. The van der Waals surface area contributed by atoms with Gasteiger partial charge in [-0.15, -0.1) is 0 Å². The number of halogens is 4. The second kappa shape index (κ2) is 18.2. The number of nitrogens with zero attached hydrogens (tertiary/aromatic N) is 3. The first kappa shape index (κ1) is 46.3. The van der Waals surface area contributed by atoms with Crippen molar-refractivity contribution in [2.24, 2.45) is 5.41 Å². The summed E-state index contributed by atoms with van der Waals surface area (Å²) in [4.78, 5) is 23.0. The third kappa shape index (κ3) is 10.1. The molecule has 2 N–H and O–H groups in total. The van der Waals surface area contributed by atoms with Gasteiger partial charge in [0.2, 0.25) is 0 Å². The molecule has 0 saturated carbocycles. The van der Waals surface area contributed by atoms with Gasteiger partial charge in [0.05, 0.1) is 22.3 Å². The van der Waals surface area contributed by atoms with Gasteiger partial charge in [-0.1, -0.05) is 55.3 Å². The second-order valence-corrected chi connectivity index (χ2v) is 21.5. The number of fused-ring (bicyclic) bond motifs is 1. The highest BCUT2D eigenvalue weighted by Gasteiger charge is 2.49. The number of carbonyl (C=O) groups excluding carboxylic acids is 1. The number of aromatic nitrogens is 2. The van der Waals surface area contributed by atoms with Crippen molar-refractivity contribution in [2.45, 2.75) is 73.7 Å². The van der Waals surface area contributed by atoms with Crippen LogP contribution in [0.2, 0.25) is 5.02 Å². The predicted molar refractivity (Wildman–Crippen MR) is 244 cm³/mol. The van der Waals surface area contributed by atoms with E-state index in [2.05, 4.69) is 46.9 Å². The Labute approximate surface area is 381 Å². The van der Waals surface area contributed by atoms with E-state index in [9.17, 15) is 34.8 Å². The van der Waals surface area contributed by atoms with E-state index in [-0.39, 0.29) is 34.2 Å². The molecule has 0 unspecified atom stereocenters. The number of anilines is 1. The first-order valence-electron chi connectivity index (χ1n) is 21.2. The zero-order chi connectivity index (χ0) is 46.3. The molecule has 12 nitrogen and oxygen atoms in total. The lowest BCUT2D eigenvalue weighted by Gasteiger charge is -2.36. The molecule has 344 valence electrons. The highest BCUT2D eigenvalue weighted by atomic mass is 35.5. The number of hydrogen-bond donors (Lipinski definition) is 2. The summed E-state index contributed by atoms with van der Waals surface area (Å²) in [5.41, 5.74) is 0.182. The highest BCUT2D eigenvalue weighted by Crippen LogP contribution is 2.44. The zero-order valence-electron chi connectivity index (χ0n) is 36.0. The molecule has 2 aromatic heterocycles. The topological polar surface area (TPSA) is 151 Å². The number of rotatable bonds is 12. The summed E-state index contributed by atoms with van der Waals surface area (Å²) >= 11 is 6.23. The third-order valence-corrected chi connectivity index (χ3v) is 15.6. The summed E-state index contributed by atoms with van der Waals surface area (Å²) in [6.07, 6.45) is 9.84. The number of benzene rings is 3. The van der Waals surface area contributed by atoms with E-state index in [4.69, 9.17) is 21.1 Å².